The van der Waals surface area contributed by atoms with Crippen LogP contribution in [0.3, 0.4) is 0 Å². The fourth-order valence-electron chi connectivity index (χ4n) is 2.45. The van der Waals surface area contributed by atoms with Crippen LogP contribution in [0.1, 0.15) is 49.1 Å². The van der Waals surface area contributed by atoms with Crippen LogP contribution in [0.4, 0.5) is 0 Å². The lowest BCUT2D eigenvalue weighted by Gasteiger charge is -2.23. The van der Waals surface area contributed by atoms with Gasteiger partial charge in [0.05, 0.1) is 5.69 Å². The summed E-state index contributed by atoms with van der Waals surface area (Å²) in [6, 6.07) is 8.59. The van der Waals surface area contributed by atoms with E-state index in [9.17, 15) is 0 Å². The van der Waals surface area contributed by atoms with Gasteiger partial charge < -0.3 is 5.73 Å². The topological polar surface area (TPSA) is 51.8 Å². The molecule has 0 amide bonds. The molecule has 0 bridgehead atoms. The van der Waals surface area contributed by atoms with E-state index in [2.05, 4.69) is 55.9 Å². The van der Waals surface area contributed by atoms with Crippen LogP contribution < -0.4 is 5.73 Å². The molecule has 106 valence electrons. The van der Waals surface area contributed by atoms with Crippen molar-refractivity contribution < 1.29 is 0 Å². The molecular formula is C17H23N3. The molecule has 3 nitrogen and oxygen atoms in total. The Kier molecular flexibility index (Phi) is 4.19. The van der Waals surface area contributed by atoms with Crippen LogP contribution in [0.2, 0.25) is 0 Å². The second-order valence-corrected chi connectivity index (χ2v) is 6.24. The average molecular weight is 269 g/mol. The predicted octanol–water partition coefficient (Wildman–Crippen LogP) is 3.17. The van der Waals surface area contributed by atoms with Crippen molar-refractivity contribution in [1.29, 1.82) is 0 Å². The molecule has 1 aromatic heterocycles. The molecule has 0 aliphatic carbocycles. The van der Waals surface area contributed by atoms with Gasteiger partial charge in [-0.1, -0.05) is 39.0 Å². The Morgan fingerprint density at radius 3 is 2.45 bits per heavy atom. The van der Waals surface area contributed by atoms with Crippen LogP contribution in [-0.2, 0) is 5.41 Å². The quantitative estimate of drug-likeness (QED) is 0.931. The molecule has 0 saturated heterocycles. The van der Waals surface area contributed by atoms with Gasteiger partial charge in [-0.25, -0.2) is 9.97 Å². The largest absolute Gasteiger partial charge is 0.329 e. The van der Waals surface area contributed by atoms with E-state index in [0.29, 0.717) is 6.54 Å². The van der Waals surface area contributed by atoms with Crippen LogP contribution >= 0.6 is 0 Å². The lowest BCUT2D eigenvalue weighted by atomic mass is 9.83. The van der Waals surface area contributed by atoms with E-state index >= 15 is 0 Å². The first kappa shape index (κ1) is 14.7. The summed E-state index contributed by atoms with van der Waals surface area (Å²) in [7, 11) is 0. The molecule has 2 N–H and O–H groups in total. The van der Waals surface area contributed by atoms with E-state index in [1.807, 2.05) is 6.07 Å². The molecule has 0 fully saturated rings. The van der Waals surface area contributed by atoms with Crippen LogP contribution in [0.25, 0.3) is 0 Å². The lowest BCUT2D eigenvalue weighted by molar-refractivity contribution is 0.589. The SMILES string of the molecule is Cc1cc(C(C)(C)C)ccc1C(CN)c1ccncn1. The number of benzene rings is 1. The highest BCUT2D eigenvalue weighted by Crippen LogP contribution is 2.29. The molecule has 1 heterocycles. The van der Waals surface area contributed by atoms with Crippen molar-refractivity contribution in [2.75, 3.05) is 6.54 Å². The van der Waals surface area contributed by atoms with E-state index in [1.54, 1.807) is 12.5 Å². The molecule has 0 spiro atoms. The Morgan fingerprint density at radius 2 is 1.95 bits per heavy atom. The maximum atomic E-state index is 5.97. The minimum Gasteiger partial charge on any atom is -0.329 e. The normalized spacial score (nSPS) is 13.2. The Morgan fingerprint density at radius 1 is 1.20 bits per heavy atom. The predicted molar refractivity (Wildman–Crippen MR) is 82.8 cm³/mol. The number of hydrogen-bond donors (Lipinski definition) is 1. The van der Waals surface area contributed by atoms with E-state index in [0.717, 1.165) is 5.69 Å². The van der Waals surface area contributed by atoms with Crippen molar-refractivity contribution >= 4 is 0 Å². The number of aryl methyl sites for hydroxylation is 1. The highest BCUT2D eigenvalue weighted by molar-refractivity contribution is 5.39. The third-order valence-electron chi connectivity index (χ3n) is 3.71. The van der Waals surface area contributed by atoms with Gasteiger partial charge in [-0.2, -0.15) is 0 Å². The van der Waals surface area contributed by atoms with Crippen molar-refractivity contribution in [2.24, 2.45) is 5.73 Å². The molecule has 0 radical (unpaired) electrons. The summed E-state index contributed by atoms with van der Waals surface area (Å²) in [5.74, 6) is 0.131. The van der Waals surface area contributed by atoms with Gasteiger partial charge in [-0.3, -0.25) is 0 Å². The van der Waals surface area contributed by atoms with Crippen molar-refractivity contribution in [3.63, 3.8) is 0 Å². The molecule has 1 atom stereocenters. The summed E-state index contributed by atoms with van der Waals surface area (Å²) in [5.41, 5.74) is 11.0. The summed E-state index contributed by atoms with van der Waals surface area (Å²) in [6.45, 7) is 9.38. The molecule has 2 aromatic rings. The molecule has 0 aliphatic heterocycles. The Balaban J connectivity index is 2.42. The zero-order valence-corrected chi connectivity index (χ0v) is 12.7. The van der Waals surface area contributed by atoms with Gasteiger partial charge in [-0.15, -0.1) is 0 Å². The van der Waals surface area contributed by atoms with Gasteiger partial charge in [0.25, 0.3) is 0 Å². The van der Waals surface area contributed by atoms with Gasteiger partial charge >= 0.3 is 0 Å². The minimum atomic E-state index is 0.131. The monoisotopic (exact) mass is 269 g/mol. The van der Waals surface area contributed by atoms with E-state index < -0.39 is 0 Å². The van der Waals surface area contributed by atoms with Gasteiger partial charge in [0, 0.05) is 18.7 Å². The second kappa shape index (κ2) is 5.71. The summed E-state index contributed by atoms with van der Waals surface area (Å²) < 4.78 is 0. The van der Waals surface area contributed by atoms with Crippen molar-refractivity contribution in [3.05, 3.63) is 59.2 Å². The molecular weight excluding hydrogens is 246 g/mol. The van der Waals surface area contributed by atoms with Crippen LogP contribution in [0.5, 0.6) is 0 Å². The molecule has 2 rings (SSSR count). The first-order chi connectivity index (χ1) is 9.43. The molecule has 0 saturated carbocycles. The number of nitrogens with zero attached hydrogens (tertiary/aromatic N) is 2. The fraction of sp³-hybridized carbons (Fsp3) is 0.412. The van der Waals surface area contributed by atoms with Gasteiger partial charge in [0.1, 0.15) is 6.33 Å². The standard InChI is InChI=1S/C17H23N3/c1-12-9-13(17(2,3)4)5-6-14(12)15(10-18)16-7-8-19-11-20-16/h5-9,11,15H,10,18H2,1-4H3. The van der Waals surface area contributed by atoms with Gasteiger partial charge in [0.2, 0.25) is 0 Å². The fourth-order valence-corrected chi connectivity index (χ4v) is 2.45. The average Bonchev–Trinajstić information content (AvgIpc) is 2.41. The number of hydrogen-bond acceptors (Lipinski definition) is 3. The third-order valence-corrected chi connectivity index (χ3v) is 3.71. The Bertz CT molecular complexity index is 571. The van der Waals surface area contributed by atoms with Crippen molar-refractivity contribution in [2.45, 2.75) is 39.0 Å². The number of rotatable bonds is 3. The number of nitrogens with two attached hydrogens (primary N) is 1. The summed E-state index contributed by atoms with van der Waals surface area (Å²) in [6.07, 6.45) is 3.35. The first-order valence-corrected chi connectivity index (χ1v) is 7.00. The molecule has 20 heavy (non-hydrogen) atoms. The molecule has 1 unspecified atom stereocenters. The van der Waals surface area contributed by atoms with Crippen LogP contribution in [0, 0.1) is 6.92 Å². The molecule has 0 aliphatic rings. The summed E-state index contributed by atoms with van der Waals surface area (Å²) >= 11 is 0. The first-order valence-electron chi connectivity index (χ1n) is 7.00. The summed E-state index contributed by atoms with van der Waals surface area (Å²) in [5, 5.41) is 0. The van der Waals surface area contributed by atoms with Crippen LogP contribution in [-0.4, -0.2) is 16.5 Å². The molecule has 3 heteroatoms. The van der Waals surface area contributed by atoms with Crippen molar-refractivity contribution in [1.82, 2.24) is 9.97 Å². The van der Waals surface area contributed by atoms with Gasteiger partial charge in [-0.05, 0) is 35.1 Å². The zero-order chi connectivity index (χ0) is 14.8. The highest BCUT2D eigenvalue weighted by Gasteiger charge is 2.19. The minimum absolute atomic E-state index is 0.131. The smallest absolute Gasteiger partial charge is 0.115 e. The van der Waals surface area contributed by atoms with E-state index in [-0.39, 0.29) is 11.3 Å². The van der Waals surface area contributed by atoms with Gasteiger partial charge in [0.15, 0.2) is 0 Å². The third kappa shape index (κ3) is 3.05. The second-order valence-electron chi connectivity index (χ2n) is 6.24. The maximum absolute atomic E-state index is 5.97. The number of aromatic nitrogens is 2. The maximum Gasteiger partial charge on any atom is 0.115 e. The highest BCUT2D eigenvalue weighted by atomic mass is 14.8. The summed E-state index contributed by atoms with van der Waals surface area (Å²) in [4.78, 5) is 8.32. The zero-order valence-electron chi connectivity index (χ0n) is 12.7. The lowest BCUT2D eigenvalue weighted by Crippen LogP contribution is -2.17. The van der Waals surface area contributed by atoms with E-state index in [1.165, 1.54) is 16.7 Å². The molecule has 1 aromatic carbocycles. The van der Waals surface area contributed by atoms with Crippen molar-refractivity contribution in [3.8, 4) is 0 Å². The van der Waals surface area contributed by atoms with E-state index in [4.69, 9.17) is 5.73 Å². The Labute approximate surface area is 121 Å². The van der Waals surface area contributed by atoms with Crippen LogP contribution in [0.15, 0.2) is 36.8 Å². The Hall–Kier alpha value is -1.74.